The standard InChI is InChI=1S/C21H22ClN5OS/c1-4-17-24-25-21-27(17)26-18(14-8-5-12(2)6-9-14)19(29-21)20(28)23-15-10-7-13(3)16(22)11-15/h5-11,18-19,26H,4H2,1-3H3,(H,23,28)/t18-,19-/m1/s1. The van der Waals surface area contributed by atoms with E-state index in [0.29, 0.717) is 15.9 Å². The van der Waals surface area contributed by atoms with Gasteiger partial charge in [-0.1, -0.05) is 66.2 Å². The Kier molecular flexibility index (Phi) is 5.52. The van der Waals surface area contributed by atoms with Gasteiger partial charge in [0.25, 0.3) is 0 Å². The highest BCUT2D eigenvalue weighted by atomic mass is 35.5. The number of aromatic nitrogens is 3. The molecular formula is C21H22ClN5OS. The fraction of sp³-hybridized carbons (Fsp3) is 0.286. The normalized spacial score (nSPS) is 18.1. The molecule has 2 aromatic carbocycles. The van der Waals surface area contributed by atoms with Gasteiger partial charge >= 0.3 is 0 Å². The number of hydrogen-bond donors (Lipinski definition) is 2. The molecule has 0 bridgehead atoms. The second-order valence-corrected chi connectivity index (χ2v) is 8.61. The molecule has 1 aromatic heterocycles. The molecule has 4 rings (SSSR count). The summed E-state index contributed by atoms with van der Waals surface area (Å²) in [5.41, 5.74) is 7.30. The van der Waals surface area contributed by atoms with Crippen LogP contribution in [-0.2, 0) is 11.2 Å². The molecule has 0 saturated heterocycles. The molecule has 0 aliphatic carbocycles. The average molecular weight is 428 g/mol. The van der Waals surface area contributed by atoms with Crippen molar-refractivity contribution in [3.05, 3.63) is 70.0 Å². The Balaban J connectivity index is 1.66. The zero-order valence-electron chi connectivity index (χ0n) is 16.4. The number of hydrogen-bond acceptors (Lipinski definition) is 5. The molecule has 1 amide bonds. The Morgan fingerprint density at radius 3 is 2.66 bits per heavy atom. The molecule has 1 aliphatic heterocycles. The van der Waals surface area contributed by atoms with Crippen molar-refractivity contribution in [2.24, 2.45) is 0 Å². The van der Waals surface area contributed by atoms with E-state index in [9.17, 15) is 4.79 Å². The van der Waals surface area contributed by atoms with Gasteiger partial charge in [-0.2, -0.15) is 0 Å². The number of thioether (sulfide) groups is 1. The predicted octanol–water partition coefficient (Wildman–Crippen LogP) is 4.51. The molecule has 150 valence electrons. The van der Waals surface area contributed by atoms with Gasteiger partial charge < -0.3 is 10.7 Å². The van der Waals surface area contributed by atoms with Gasteiger partial charge in [-0.3, -0.25) is 4.79 Å². The number of aryl methyl sites for hydroxylation is 3. The Labute approximate surface area is 179 Å². The third-order valence-corrected chi connectivity index (χ3v) is 6.58. The lowest BCUT2D eigenvalue weighted by Crippen LogP contribution is -2.41. The highest BCUT2D eigenvalue weighted by Gasteiger charge is 2.37. The summed E-state index contributed by atoms with van der Waals surface area (Å²) in [4.78, 5) is 13.2. The number of carbonyl (C=O) groups is 1. The first kappa shape index (κ1) is 19.8. The lowest BCUT2D eigenvalue weighted by atomic mass is 10.0. The number of rotatable bonds is 4. The van der Waals surface area contributed by atoms with Gasteiger partial charge in [0, 0.05) is 17.1 Å². The van der Waals surface area contributed by atoms with E-state index in [1.165, 1.54) is 17.3 Å². The van der Waals surface area contributed by atoms with Crippen LogP contribution in [0.4, 0.5) is 5.69 Å². The molecule has 0 radical (unpaired) electrons. The van der Waals surface area contributed by atoms with Gasteiger partial charge in [-0.15, -0.1) is 10.2 Å². The molecule has 0 fully saturated rings. The van der Waals surface area contributed by atoms with E-state index in [1.54, 1.807) is 6.07 Å². The largest absolute Gasteiger partial charge is 0.325 e. The van der Waals surface area contributed by atoms with Crippen LogP contribution in [0.3, 0.4) is 0 Å². The molecule has 2 heterocycles. The lowest BCUT2D eigenvalue weighted by molar-refractivity contribution is -0.116. The van der Waals surface area contributed by atoms with E-state index >= 15 is 0 Å². The smallest absolute Gasteiger partial charge is 0.240 e. The maximum atomic E-state index is 13.2. The summed E-state index contributed by atoms with van der Waals surface area (Å²) < 4.78 is 1.89. The Hall–Kier alpha value is -2.51. The van der Waals surface area contributed by atoms with Crippen molar-refractivity contribution < 1.29 is 4.79 Å². The van der Waals surface area contributed by atoms with Crippen LogP contribution in [0.5, 0.6) is 0 Å². The van der Waals surface area contributed by atoms with E-state index in [0.717, 1.165) is 23.4 Å². The summed E-state index contributed by atoms with van der Waals surface area (Å²) in [6.45, 7) is 6.01. The van der Waals surface area contributed by atoms with E-state index in [2.05, 4.69) is 45.2 Å². The third-order valence-electron chi connectivity index (χ3n) is 4.95. The number of fused-ring (bicyclic) bond motifs is 1. The second kappa shape index (κ2) is 8.08. The third kappa shape index (κ3) is 3.97. The number of amides is 1. The zero-order chi connectivity index (χ0) is 20.5. The molecule has 3 aromatic rings. The Morgan fingerprint density at radius 1 is 1.21 bits per heavy atom. The quantitative estimate of drug-likeness (QED) is 0.641. The van der Waals surface area contributed by atoms with Crippen molar-refractivity contribution in [3.8, 4) is 0 Å². The summed E-state index contributed by atoms with van der Waals surface area (Å²) in [5, 5.41) is 12.4. The molecule has 0 unspecified atom stereocenters. The highest BCUT2D eigenvalue weighted by molar-refractivity contribution is 8.00. The summed E-state index contributed by atoms with van der Waals surface area (Å²) in [5.74, 6) is 0.731. The fourth-order valence-electron chi connectivity index (χ4n) is 3.24. The number of carbonyl (C=O) groups excluding carboxylic acids is 1. The maximum Gasteiger partial charge on any atom is 0.240 e. The van der Waals surface area contributed by atoms with Crippen molar-refractivity contribution >= 4 is 35.0 Å². The number of benzene rings is 2. The van der Waals surface area contributed by atoms with Gasteiger partial charge in [0.2, 0.25) is 11.1 Å². The first-order valence-corrected chi connectivity index (χ1v) is 10.7. The van der Waals surface area contributed by atoms with Crippen molar-refractivity contribution in [2.45, 2.75) is 43.6 Å². The maximum absolute atomic E-state index is 13.2. The second-order valence-electron chi connectivity index (χ2n) is 7.10. The molecule has 1 aliphatic rings. The minimum Gasteiger partial charge on any atom is -0.325 e. The van der Waals surface area contributed by atoms with Crippen LogP contribution < -0.4 is 10.7 Å². The molecule has 2 atom stereocenters. The van der Waals surface area contributed by atoms with Gasteiger partial charge in [0.1, 0.15) is 5.25 Å². The Bertz CT molecular complexity index is 1050. The van der Waals surface area contributed by atoms with Gasteiger partial charge in [-0.25, -0.2) is 4.68 Å². The van der Waals surface area contributed by atoms with Crippen molar-refractivity contribution in [3.63, 3.8) is 0 Å². The van der Waals surface area contributed by atoms with Crippen LogP contribution in [0.2, 0.25) is 5.02 Å². The van der Waals surface area contributed by atoms with Crippen LogP contribution >= 0.6 is 23.4 Å². The zero-order valence-corrected chi connectivity index (χ0v) is 18.0. The van der Waals surface area contributed by atoms with E-state index in [1.807, 2.05) is 37.6 Å². The monoisotopic (exact) mass is 427 g/mol. The van der Waals surface area contributed by atoms with Crippen molar-refractivity contribution in [2.75, 3.05) is 10.7 Å². The molecular weight excluding hydrogens is 406 g/mol. The van der Waals surface area contributed by atoms with Crippen LogP contribution in [0.15, 0.2) is 47.6 Å². The van der Waals surface area contributed by atoms with Gasteiger partial charge in [0.05, 0.1) is 6.04 Å². The number of anilines is 1. The minimum absolute atomic E-state index is 0.111. The summed E-state index contributed by atoms with van der Waals surface area (Å²) in [6.07, 6.45) is 0.750. The topological polar surface area (TPSA) is 71.8 Å². The van der Waals surface area contributed by atoms with Crippen LogP contribution in [0, 0.1) is 13.8 Å². The number of halogens is 1. The molecule has 0 saturated carbocycles. The van der Waals surface area contributed by atoms with Crippen LogP contribution in [0.1, 0.15) is 35.5 Å². The van der Waals surface area contributed by atoms with E-state index in [-0.39, 0.29) is 11.9 Å². The fourth-order valence-corrected chi connectivity index (χ4v) is 4.51. The minimum atomic E-state index is -0.417. The summed E-state index contributed by atoms with van der Waals surface area (Å²) in [6, 6.07) is 13.5. The number of nitrogens with zero attached hydrogens (tertiary/aromatic N) is 3. The summed E-state index contributed by atoms with van der Waals surface area (Å²) >= 11 is 7.63. The first-order valence-electron chi connectivity index (χ1n) is 9.47. The lowest BCUT2D eigenvalue weighted by Gasteiger charge is -2.33. The van der Waals surface area contributed by atoms with Gasteiger partial charge in [-0.05, 0) is 37.1 Å². The van der Waals surface area contributed by atoms with Crippen LogP contribution in [-0.4, -0.2) is 26.0 Å². The van der Waals surface area contributed by atoms with E-state index in [4.69, 9.17) is 11.6 Å². The van der Waals surface area contributed by atoms with Crippen molar-refractivity contribution in [1.29, 1.82) is 0 Å². The molecule has 0 spiro atoms. The Morgan fingerprint density at radius 2 is 1.97 bits per heavy atom. The van der Waals surface area contributed by atoms with E-state index < -0.39 is 5.25 Å². The SMILES string of the molecule is CCc1nnc2n1N[C@H](c1ccc(C)cc1)[C@H](C(=O)Nc1ccc(C)c(Cl)c1)S2. The number of nitrogens with one attached hydrogen (secondary N) is 2. The molecule has 29 heavy (non-hydrogen) atoms. The van der Waals surface area contributed by atoms with Gasteiger partial charge in [0.15, 0.2) is 5.82 Å². The molecule has 8 heteroatoms. The molecule has 2 N–H and O–H groups in total. The average Bonchev–Trinajstić information content (AvgIpc) is 3.12. The van der Waals surface area contributed by atoms with Crippen molar-refractivity contribution in [1.82, 2.24) is 14.9 Å². The van der Waals surface area contributed by atoms with Crippen LogP contribution in [0.25, 0.3) is 0 Å². The summed E-state index contributed by atoms with van der Waals surface area (Å²) in [7, 11) is 0. The highest BCUT2D eigenvalue weighted by Crippen LogP contribution is 2.37. The molecule has 6 nitrogen and oxygen atoms in total. The predicted molar refractivity (Wildman–Crippen MR) is 117 cm³/mol. The first-order chi connectivity index (χ1) is 14.0.